The summed E-state index contributed by atoms with van der Waals surface area (Å²) >= 11 is 0. The molecule has 25 heavy (non-hydrogen) atoms. The van der Waals surface area contributed by atoms with Crippen LogP contribution in [0.4, 0.5) is 0 Å². The van der Waals surface area contributed by atoms with Gasteiger partial charge in [0.1, 0.15) is 6.54 Å². The Hall–Kier alpha value is -2.96. The Labute approximate surface area is 145 Å². The van der Waals surface area contributed by atoms with Gasteiger partial charge in [0.05, 0.1) is 17.3 Å². The molecule has 1 amide bonds. The van der Waals surface area contributed by atoms with Gasteiger partial charge >= 0.3 is 0 Å². The molecular formula is C18H21N5O2. The molecule has 0 aliphatic carbocycles. The lowest BCUT2D eigenvalue weighted by Crippen LogP contribution is -2.34. The van der Waals surface area contributed by atoms with Crippen LogP contribution in [-0.2, 0) is 17.9 Å². The second-order valence-corrected chi connectivity index (χ2v) is 6.08. The van der Waals surface area contributed by atoms with Gasteiger partial charge < -0.3 is 5.32 Å². The molecule has 2 heterocycles. The normalized spacial score (nSPS) is 11.0. The number of hydrogen-bond donors (Lipinski definition) is 1. The monoisotopic (exact) mass is 339 g/mol. The number of aryl methyl sites for hydroxylation is 3. The van der Waals surface area contributed by atoms with Gasteiger partial charge in [-0.25, -0.2) is 4.68 Å². The van der Waals surface area contributed by atoms with Crippen molar-refractivity contribution in [2.45, 2.75) is 33.4 Å². The fraction of sp³-hybridized carbons (Fsp3) is 0.333. The molecule has 0 saturated carbocycles. The van der Waals surface area contributed by atoms with Crippen LogP contribution >= 0.6 is 0 Å². The van der Waals surface area contributed by atoms with Crippen LogP contribution in [0, 0.1) is 13.8 Å². The van der Waals surface area contributed by atoms with Crippen LogP contribution in [0.3, 0.4) is 0 Å². The molecule has 0 aliphatic rings. The summed E-state index contributed by atoms with van der Waals surface area (Å²) in [7, 11) is 0. The van der Waals surface area contributed by atoms with E-state index >= 15 is 0 Å². The second-order valence-electron chi connectivity index (χ2n) is 6.08. The molecular weight excluding hydrogens is 318 g/mol. The zero-order valence-electron chi connectivity index (χ0n) is 14.4. The first kappa shape index (κ1) is 16.9. The summed E-state index contributed by atoms with van der Waals surface area (Å²) in [4.78, 5) is 24.5. The topological polar surface area (TPSA) is 81.8 Å². The minimum atomic E-state index is -0.247. The largest absolute Gasteiger partial charge is 0.354 e. The molecule has 7 heteroatoms. The Bertz CT molecular complexity index is 957. The Balaban J connectivity index is 1.58. The average molecular weight is 339 g/mol. The van der Waals surface area contributed by atoms with Gasteiger partial charge in [-0.2, -0.15) is 10.2 Å². The molecule has 7 nitrogen and oxygen atoms in total. The van der Waals surface area contributed by atoms with E-state index in [1.54, 1.807) is 12.3 Å². The zero-order valence-corrected chi connectivity index (χ0v) is 14.4. The first-order chi connectivity index (χ1) is 12.0. The summed E-state index contributed by atoms with van der Waals surface area (Å²) in [6, 6.07) is 7.30. The predicted octanol–water partition coefficient (Wildman–Crippen LogP) is 1.42. The number of fused-ring (bicyclic) bond motifs is 1. The van der Waals surface area contributed by atoms with Crippen molar-refractivity contribution in [1.29, 1.82) is 0 Å². The van der Waals surface area contributed by atoms with E-state index in [4.69, 9.17) is 0 Å². The smallest absolute Gasteiger partial charge is 0.275 e. The zero-order chi connectivity index (χ0) is 17.8. The van der Waals surface area contributed by atoms with Crippen molar-refractivity contribution in [3.05, 3.63) is 58.3 Å². The number of carbonyl (C=O) groups is 1. The highest BCUT2D eigenvalue weighted by molar-refractivity contribution is 5.83. The Morgan fingerprint density at radius 2 is 1.96 bits per heavy atom. The van der Waals surface area contributed by atoms with Gasteiger partial charge in [0.15, 0.2) is 0 Å². The number of nitrogens with zero attached hydrogens (tertiary/aromatic N) is 4. The lowest BCUT2D eigenvalue weighted by molar-refractivity contribution is -0.121. The molecule has 0 fully saturated rings. The third-order valence-electron chi connectivity index (χ3n) is 3.99. The van der Waals surface area contributed by atoms with E-state index in [0.29, 0.717) is 11.9 Å². The maximum atomic E-state index is 12.4. The van der Waals surface area contributed by atoms with Crippen molar-refractivity contribution >= 4 is 16.7 Å². The number of aromatic nitrogens is 4. The molecule has 1 N–H and O–H groups in total. The number of rotatable bonds is 6. The Morgan fingerprint density at radius 3 is 2.68 bits per heavy atom. The number of hydrogen-bond acceptors (Lipinski definition) is 4. The highest BCUT2D eigenvalue weighted by atomic mass is 16.2. The van der Waals surface area contributed by atoms with Gasteiger partial charge in [0, 0.05) is 24.7 Å². The number of benzene rings is 1. The number of carbonyl (C=O) groups excluding carboxylic acids is 1. The van der Waals surface area contributed by atoms with Crippen LogP contribution in [0.15, 0.2) is 41.5 Å². The van der Waals surface area contributed by atoms with Crippen molar-refractivity contribution in [1.82, 2.24) is 24.9 Å². The molecule has 1 aromatic carbocycles. The highest BCUT2D eigenvalue weighted by Gasteiger charge is 2.10. The minimum absolute atomic E-state index is 0.0780. The van der Waals surface area contributed by atoms with Crippen molar-refractivity contribution < 1.29 is 4.79 Å². The van der Waals surface area contributed by atoms with Crippen molar-refractivity contribution in [2.75, 3.05) is 6.54 Å². The first-order valence-electron chi connectivity index (χ1n) is 8.27. The van der Waals surface area contributed by atoms with Crippen molar-refractivity contribution in [3.63, 3.8) is 0 Å². The van der Waals surface area contributed by atoms with Crippen molar-refractivity contribution in [3.8, 4) is 0 Å². The van der Waals surface area contributed by atoms with Gasteiger partial charge in [0.25, 0.3) is 5.56 Å². The lowest BCUT2D eigenvalue weighted by atomic mass is 10.1. The molecule has 0 aliphatic heterocycles. The number of amides is 1. The SMILES string of the molecule is Cc1cnn(CCCNC(=O)Cn2nc(C)c3ccccc3c2=O)c1. The average Bonchev–Trinajstić information content (AvgIpc) is 3.02. The quantitative estimate of drug-likeness (QED) is 0.689. The summed E-state index contributed by atoms with van der Waals surface area (Å²) in [5.41, 5.74) is 1.60. The summed E-state index contributed by atoms with van der Waals surface area (Å²) in [6.45, 7) is 5.01. The Morgan fingerprint density at radius 1 is 1.20 bits per heavy atom. The van der Waals surface area contributed by atoms with Crippen LogP contribution in [0.25, 0.3) is 10.8 Å². The van der Waals surface area contributed by atoms with E-state index in [9.17, 15) is 9.59 Å². The standard InChI is InChI=1S/C18H21N5O2/c1-13-10-20-22(11-13)9-5-8-19-17(24)12-23-18(25)16-7-4-3-6-15(16)14(2)21-23/h3-4,6-7,10-11H,5,8-9,12H2,1-2H3,(H,19,24). The predicted molar refractivity (Wildman–Crippen MR) is 95.3 cm³/mol. The summed E-state index contributed by atoms with van der Waals surface area (Å²) in [6.07, 6.45) is 4.54. The van der Waals surface area contributed by atoms with Crippen LogP contribution in [0.2, 0.25) is 0 Å². The molecule has 0 bridgehead atoms. The molecule has 0 unspecified atom stereocenters. The second kappa shape index (κ2) is 7.29. The molecule has 0 atom stereocenters. The minimum Gasteiger partial charge on any atom is -0.354 e. The summed E-state index contributed by atoms with van der Waals surface area (Å²) in [5, 5.41) is 12.7. The molecule has 2 aromatic heterocycles. The van der Waals surface area contributed by atoms with Crippen LogP contribution < -0.4 is 10.9 Å². The van der Waals surface area contributed by atoms with Gasteiger partial charge in [-0.05, 0) is 31.9 Å². The van der Waals surface area contributed by atoms with Gasteiger partial charge in [-0.1, -0.05) is 18.2 Å². The van der Waals surface area contributed by atoms with E-state index in [0.717, 1.165) is 29.6 Å². The molecule has 3 rings (SSSR count). The van der Waals surface area contributed by atoms with Crippen LogP contribution in [0.1, 0.15) is 17.7 Å². The molecule has 3 aromatic rings. The lowest BCUT2D eigenvalue weighted by Gasteiger charge is -2.09. The van der Waals surface area contributed by atoms with Crippen molar-refractivity contribution in [2.24, 2.45) is 0 Å². The third-order valence-corrected chi connectivity index (χ3v) is 3.99. The summed E-state index contributed by atoms with van der Waals surface area (Å²) in [5.74, 6) is -0.221. The fourth-order valence-electron chi connectivity index (χ4n) is 2.76. The number of nitrogens with one attached hydrogen (secondary N) is 1. The van der Waals surface area contributed by atoms with Crippen LogP contribution in [0.5, 0.6) is 0 Å². The van der Waals surface area contributed by atoms with E-state index in [2.05, 4.69) is 15.5 Å². The maximum absolute atomic E-state index is 12.4. The fourth-order valence-corrected chi connectivity index (χ4v) is 2.76. The van der Waals surface area contributed by atoms with Gasteiger partial charge in [-0.15, -0.1) is 0 Å². The van der Waals surface area contributed by atoms with Gasteiger partial charge in [0.2, 0.25) is 5.91 Å². The maximum Gasteiger partial charge on any atom is 0.275 e. The molecule has 0 spiro atoms. The molecule has 0 radical (unpaired) electrons. The van der Waals surface area contributed by atoms with E-state index in [1.807, 2.05) is 42.9 Å². The molecule has 0 saturated heterocycles. The summed E-state index contributed by atoms with van der Waals surface area (Å²) < 4.78 is 3.07. The Kier molecular flexibility index (Phi) is 4.92. The third kappa shape index (κ3) is 3.93. The first-order valence-corrected chi connectivity index (χ1v) is 8.27. The van der Waals surface area contributed by atoms with E-state index < -0.39 is 0 Å². The van der Waals surface area contributed by atoms with E-state index in [-0.39, 0.29) is 18.0 Å². The van der Waals surface area contributed by atoms with Gasteiger partial charge in [-0.3, -0.25) is 14.3 Å². The molecule has 130 valence electrons. The highest BCUT2D eigenvalue weighted by Crippen LogP contribution is 2.11. The van der Waals surface area contributed by atoms with Crippen LogP contribution in [-0.4, -0.2) is 32.0 Å². The van der Waals surface area contributed by atoms with E-state index in [1.165, 1.54) is 4.68 Å².